The highest BCUT2D eigenvalue weighted by Crippen LogP contribution is 2.19. The molecule has 2 atom stereocenters. The van der Waals surface area contributed by atoms with E-state index in [9.17, 15) is 9.59 Å². The van der Waals surface area contributed by atoms with Crippen LogP contribution in [0, 0.1) is 18.3 Å². The molecular formula is C15H24N2O2. The lowest BCUT2D eigenvalue weighted by molar-refractivity contribution is -0.151. The Morgan fingerprint density at radius 1 is 1.42 bits per heavy atom. The highest BCUT2D eigenvalue weighted by Gasteiger charge is 2.40. The largest absolute Gasteiger partial charge is 0.342 e. The Morgan fingerprint density at radius 2 is 2.11 bits per heavy atom. The lowest BCUT2D eigenvalue weighted by Crippen LogP contribution is -2.64. The van der Waals surface area contributed by atoms with Crippen molar-refractivity contribution in [3.63, 3.8) is 0 Å². The first kappa shape index (κ1) is 15.6. The predicted molar refractivity (Wildman–Crippen MR) is 75.2 cm³/mol. The van der Waals surface area contributed by atoms with E-state index < -0.39 is 0 Å². The van der Waals surface area contributed by atoms with E-state index in [0.717, 1.165) is 12.8 Å². The van der Waals surface area contributed by atoms with E-state index in [4.69, 9.17) is 6.42 Å². The molecule has 1 saturated heterocycles. The molecule has 4 heteroatoms. The lowest BCUT2D eigenvalue weighted by Gasteiger charge is -2.40. The van der Waals surface area contributed by atoms with E-state index in [1.807, 2.05) is 20.8 Å². The fourth-order valence-electron chi connectivity index (χ4n) is 2.55. The number of hydrogen-bond acceptors (Lipinski definition) is 2. The van der Waals surface area contributed by atoms with Gasteiger partial charge in [0.2, 0.25) is 11.8 Å². The molecule has 4 nitrogen and oxygen atoms in total. The van der Waals surface area contributed by atoms with Crippen molar-refractivity contribution in [1.82, 2.24) is 10.2 Å². The van der Waals surface area contributed by atoms with Gasteiger partial charge in [0.05, 0.1) is 0 Å². The topological polar surface area (TPSA) is 49.4 Å². The van der Waals surface area contributed by atoms with Crippen LogP contribution < -0.4 is 5.32 Å². The van der Waals surface area contributed by atoms with E-state index in [2.05, 4.69) is 11.2 Å². The average Bonchev–Trinajstić information content (AvgIpc) is 2.34. The zero-order valence-corrected chi connectivity index (χ0v) is 12.1. The van der Waals surface area contributed by atoms with Crippen LogP contribution in [-0.2, 0) is 9.59 Å². The zero-order valence-electron chi connectivity index (χ0n) is 12.1. The van der Waals surface area contributed by atoms with Crippen molar-refractivity contribution < 1.29 is 9.59 Å². The van der Waals surface area contributed by atoms with E-state index in [-0.39, 0.29) is 29.8 Å². The molecule has 0 saturated carbocycles. The minimum absolute atomic E-state index is 0.0336. The van der Waals surface area contributed by atoms with E-state index in [0.29, 0.717) is 19.4 Å². The van der Waals surface area contributed by atoms with E-state index in [1.165, 1.54) is 0 Å². The molecule has 0 aliphatic carbocycles. The molecule has 2 unspecified atom stereocenters. The van der Waals surface area contributed by atoms with Crippen molar-refractivity contribution in [3.05, 3.63) is 0 Å². The van der Waals surface area contributed by atoms with E-state index >= 15 is 0 Å². The Bertz CT molecular complexity index is 371. The first-order valence-electron chi connectivity index (χ1n) is 7.07. The second-order valence-corrected chi connectivity index (χ2v) is 5.38. The number of piperazine rings is 1. The van der Waals surface area contributed by atoms with Crippen LogP contribution in [-0.4, -0.2) is 35.3 Å². The molecule has 1 rings (SSSR count). The third kappa shape index (κ3) is 3.73. The Labute approximate surface area is 115 Å². The SMILES string of the molecule is C#CCCCN1C(=O)C(CCC)NC(=O)C1C(C)C. The smallest absolute Gasteiger partial charge is 0.245 e. The first-order chi connectivity index (χ1) is 9.02. The summed E-state index contributed by atoms with van der Waals surface area (Å²) in [5.74, 6) is 2.69. The zero-order chi connectivity index (χ0) is 14.4. The summed E-state index contributed by atoms with van der Waals surface area (Å²) < 4.78 is 0. The number of carbonyl (C=O) groups is 2. The van der Waals surface area contributed by atoms with Gasteiger partial charge >= 0.3 is 0 Å². The van der Waals surface area contributed by atoms with Crippen LogP contribution in [0.25, 0.3) is 0 Å². The van der Waals surface area contributed by atoms with Crippen LogP contribution in [0.3, 0.4) is 0 Å². The van der Waals surface area contributed by atoms with Gasteiger partial charge in [0.15, 0.2) is 0 Å². The second kappa shape index (κ2) is 7.18. The van der Waals surface area contributed by atoms with Crippen LogP contribution in [0.1, 0.15) is 46.5 Å². The summed E-state index contributed by atoms with van der Waals surface area (Å²) in [5, 5.41) is 2.85. The molecule has 0 aromatic rings. The van der Waals surface area contributed by atoms with Gasteiger partial charge in [-0.25, -0.2) is 0 Å². The van der Waals surface area contributed by atoms with Crippen molar-refractivity contribution in [2.45, 2.75) is 58.5 Å². The maximum atomic E-state index is 12.4. The summed E-state index contributed by atoms with van der Waals surface area (Å²) in [5.41, 5.74) is 0. The normalized spacial score (nSPS) is 23.4. The number of nitrogens with one attached hydrogen (secondary N) is 1. The number of carbonyl (C=O) groups excluding carboxylic acids is 2. The van der Waals surface area contributed by atoms with Crippen molar-refractivity contribution >= 4 is 11.8 Å². The van der Waals surface area contributed by atoms with Gasteiger partial charge in [-0.1, -0.05) is 27.2 Å². The highest BCUT2D eigenvalue weighted by molar-refractivity contribution is 5.97. The van der Waals surface area contributed by atoms with Crippen LogP contribution in [0.4, 0.5) is 0 Å². The monoisotopic (exact) mass is 264 g/mol. The molecule has 1 fully saturated rings. The van der Waals surface area contributed by atoms with Gasteiger partial charge in [0, 0.05) is 13.0 Å². The van der Waals surface area contributed by atoms with Gasteiger partial charge in [0.25, 0.3) is 0 Å². The summed E-state index contributed by atoms with van der Waals surface area (Å²) in [4.78, 5) is 26.3. The second-order valence-electron chi connectivity index (χ2n) is 5.38. The van der Waals surface area contributed by atoms with Crippen LogP contribution in [0.5, 0.6) is 0 Å². The van der Waals surface area contributed by atoms with Gasteiger partial charge < -0.3 is 10.2 Å². The summed E-state index contributed by atoms with van der Waals surface area (Å²) >= 11 is 0. The van der Waals surface area contributed by atoms with Gasteiger partial charge in [-0.3, -0.25) is 9.59 Å². The number of amides is 2. The fraction of sp³-hybridized carbons (Fsp3) is 0.733. The minimum Gasteiger partial charge on any atom is -0.342 e. The molecular weight excluding hydrogens is 240 g/mol. The Kier molecular flexibility index (Phi) is 5.88. The van der Waals surface area contributed by atoms with E-state index in [1.54, 1.807) is 4.90 Å². The average molecular weight is 264 g/mol. The molecule has 1 heterocycles. The molecule has 19 heavy (non-hydrogen) atoms. The molecule has 2 amide bonds. The predicted octanol–water partition coefficient (Wildman–Crippen LogP) is 1.55. The molecule has 1 N–H and O–H groups in total. The Morgan fingerprint density at radius 3 is 2.63 bits per heavy atom. The molecule has 0 bridgehead atoms. The van der Waals surface area contributed by atoms with Gasteiger partial charge in [0.1, 0.15) is 12.1 Å². The molecule has 0 aromatic carbocycles. The van der Waals surface area contributed by atoms with Crippen molar-refractivity contribution in [2.24, 2.45) is 5.92 Å². The first-order valence-corrected chi connectivity index (χ1v) is 7.07. The number of unbranched alkanes of at least 4 members (excludes halogenated alkanes) is 1. The molecule has 0 aromatic heterocycles. The summed E-state index contributed by atoms with van der Waals surface area (Å²) in [6.45, 7) is 6.51. The maximum Gasteiger partial charge on any atom is 0.245 e. The number of hydrogen-bond donors (Lipinski definition) is 1. The Balaban J connectivity index is 2.84. The summed E-state index contributed by atoms with van der Waals surface area (Å²) in [7, 11) is 0. The third-order valence-electron chi connectivity index (χ3n) is 3.43. The van der Waals surface area contributed by atoms with Crippen molar-refractivity contribution in [3.8, 4) is 12.3 Å². The summed E-state index contributed by atoms with van der Waals surface area (Å²) in [6, 6.07) is -0.725. The summed E-state index contributed by atoms with van der Waals surface area (Å²) in [6.07, 6.45) is 8.20. The van der Waals surface area contributed by atoms with Gasteiger partial charge in [-0.05, 0) is 18.8 Å². The molecule has 106 valence electrons. The molecule has 1 aliphatic rings. The van der Waals surface area contributed by atoms with Crippen LogP contribution in [0.2, 0.25) is 0 Å². The number of terminal acetylenes is 1. The van der Waals surface area contributed by atoms with Crippen LogP contribution in [0.15, 0.2) is 0 Å². The quantitative estimate of drug-likeness (QED) is 0.584. The maximum absolute atomic E-state index is 12.4. The van der Waals surface area contributed by atoms with Gasteiger partial charge in [-0.2, -0.15) is 0 Å². The molecule has 0 spiro atoms. The lowest BCUT2D eigenvalue weighted by atomic mass is 9.95. The number of nitrogens with zero attached hydrogens (tertiary/aromatic N) is 1. The van der Waals surface area contributed by atoms with Crippen molar-refractivity contribution in [1.29, 1.82) is 0 Å². The molecule has 0 radical (unpaired) electrons. The Hall–Kier alpha value is -1.50. The van der Waals surface area contributed by atoms with Gasteiger partial charge in [-0.15, -0.1) is 12.3 Å². The minimum atomic E-state index is -0.363. The highest BCUT2D eigenvalue weighted by atomic mass is 16.2. The van der Waals surface area contributed by atoms with Crippen molar-refractivity contribution in [2.75, 3.05) is 6.54 Å². The molecule has 1 aliphatic heterocycles. The van der Waals surface area contributed by atoms with Crippen LogP contribution >= 0.6 is 0 Å². The standard InChI is InChI=1S/C15H24N2O2/c1-5-7-8-10-17-13(11(3)4)14(18)16-12(9-6-2)15(17)19/h1,11-13H,6-10H2,2-4H3,(H,16,18). The third-order valence-corrected chi connectivity index (χ3v) is 3.43. The number of rotatable bonds is 6. The fourth-order valence-corrected chi connectivity index (χ4v) is 2.55.